The van der Waals surface area contributed by atoms with Crippen LogP contribution in [-0.4, -0.2) is 119 Å². The SMILES string of the molecule is CC(=O)O[C@H]1C(=O)C2(C)C([C@H](OC(=O)c3ccccc3)[C@]3(O)C[C@H](OC(=O)C(OC(=O)c4ccc[n+](C)c4)C(NC(=O)c4ccccc4)c4ccccc4)C(C)=C1C3(C)C)[C@]1(OC(C)=O)CO[C@@H]1C[C@@H]2O.Cc1ccc(S(=O)(=O)[O-])cc1. The highest BCUT2D eigenvalue weighted by atomic mass is 32.2. The summed E-state index contributed by atoms with van der Waals surface area (Å²) < 4.78 is 69.7. The van der Waals surface area contributed by atoms with Crippen molar-refractivity contribution in [2.45, 2.75) is 120 Å². The summed E-state index contributed by atoms with van der Waals surface area (Å²) in [5.41, 5.74) is -6.41. The quantitative estimate of drug-likeness (QED) is 0.0442. The summed E-state index contributed by atoms with van der Waals surface area (Å²) in [5, 5.41) is 29.0. The summed E-state index contributed by atoms with van der Waals surface area (Å²) in [7, 11) is -2.59. The van der Waals surface area contributed by atoms with Crippen molar-refractivity contribution in [2.75, 3.05) is 6.61 Å². The largest absolute Gasteiger partial charge is 0.744 e. The number of rotatable bonds is 13. The van der Waals surface area contributed by atoms with E-state index in [4.69, 9.17) is 28.4 Å². The van der Waals surface area contributed by atoms with Crippen LogP contribution in [0.2, 0.25) is 0 Å². The molecule has 3 N–H and O–H groups in total. The molecule has 5 aromatic rings. The Hall–Kier alpha value is -7.95. The van der Waals surface area contributed by atoms with Gasteiger partial charge in [0.05, 0.1) is 34.5 Å². The Morgan fingerprint density at radius 2 is 1.35 bits per heavy atom. The molecule has 82 heavy (non-hydrogen) atoms. The number of hydrogen-bond donors (Lipinski definition) is 3. The second kappa shape index (κ2) is 23.5. The van der Waals surface area contributed by atoms with E-state index in [0.717, 1.165) is 19.4 Å². The molecule has 2 saturated carbocycles. The van der Waals surface area contributed by atoms with Crippen molar-refractivity contribution in [1.82, 2.24) is 5.32 Å². The number of pyridine rings is 1. The lowest BCUT2D eigenvalue weighted by Gasteiger charge is -2.67. The molecule has 21 heteroatoms. The maximum Gasteiger partial charge on any atom is 0.350 e. The average Bonchev–Trinajstić information content (AvgIpc) is 3.63. The first-order valence-electron chi connectivity index (χ1n) is 26.3. The number of hydrogen-bond acceptors (Lipinski definition) is 18. The molecule has 1 aliphatic heterocycles. The molecule has 4 aliphatic rings. The molecular formula is C61H64N2O18S. The van der Waals surface area contributed by atoms with Crippen molar-refractivity contribution in [3.8, 4) is 0 Å². The summed E-state index contributed by atoms with van der Waals surface area (Å²) in [6.45, 7) is 9.74. The molecule has 20 nitrogen and oxygen atoms in total. The molecule has 3 fully saturated rings. The maximum atomic E-state index is 15.7. The molecule has 432 valence electrons. The fourth-order valence-electron chi connectivity index (χ4n) is 11.9. The molecular weight excluding hydrogens is 1080 g/mol. The molecule has 0 spiro atoms. The first kappa shape index (κ1) is 60.2. The van der Waals surface area contributed by atoms with Crippen LogP contribution in [0.1, 0.15) is 103 Å². The summed E-state index contributed by atoms with van der Waals surface area (Å²) in [6, 6.07) is 31.7. The highest BCUT2D eigenvalue weighted by Gasteiger charge is 2.78. The van der Waals surface area contributed by atoms with Gasteiger partial charge in [-0.2, -0.15) is 0 Å². The third kappa shape index (κ3) is 11.6. The molecule has 11 atom stereocenters. The second-order valence-corrected chi connectivity index (χ2v) is 23.1. The van der Waals surface area contributed by atoms with Gasteiger partial charge in [0.15, 0.2) is 29.9 Å². The van der Waals surface area contributed by atoms with Gasteiger partial charge in [-0.15, -0.1) is 0 Å². The van der Waals surface area contributed by atoms with Gasteiger partial charge in [-0.25, -0.2) is 27.4 Å². The molecule has 2 heterocycles. The minimum absolute atomic E-state index is 0.0345. The summed E-state index contributed by atoms with van der Waals surface area (Å²) in [5.74, 6) is -7.95. The van der Waals surface area contributed by atoms with E-state index in [1.807, 2.05) is 6.92 Å². The highest BCUT2D eigenvalue weighted by Crippen LogP contribution is 2.64. The number of aliphatic hydroxyl groups is 2. The molecule has 3 aliphatic carbocycles. The van der Waals surface area contributed by atoms with Crippen LogP contribution in [0.25, 0.3) is 0 Å². The number of aryl methyl sites for hydroxylation is 2. The van der Waals surface area contributed by atoms with Gasteiger partial charge >= 0.3 is 29.8 Å². The zero-order chi connectivity index (χ0) is 59.7. The number of ketones is 1. The smallest absolute Gasteiger partial charge is 0.350 e. The summed E-state index contributed by atoms with van der Waals surface area (Å²) in [6.07, 6.45) is -7.59. The van der Waals surface area contributed by atoms with Crippen molar-refractivity contribution in [3.05, 3.63) is 179 Å². The number of nitrogens with zero attached hydrogens (tertiary/aromatic N) is 1. The molecule has 1 saturated heterocycles. The number of nitrogens with one attached hydrogen (secondary N) is 1. The first-order valence-corrected chi connectivity index (χ1v) is 27.7. The summed E-state index contributed by atoms with van der Waals surface area (Å²) in [4.78, 5) is 99.9. The number of aromatic nitrogens is 1. The van der Waals surface area contributed by atoms with Crippen LogP contribution in [0.5, 0.6) is 0 Å². The number of Topliss-reactive ketones (excluding diaryl/α,β-unsaturated/α-hetero) is 1. The van der Waals surface area contributed by atoms with Gasteiger partial charge < -0.3 is 48.5 Å². The molecule has 0 radical (unpaired) electrons. The number of fused-ring (bicyclic) bond motifs is 5. The fraction of sp³-hybridized carbons (Fsp3) is 0.377. The van der Waals surface area contributed by atoms with Gasteiger partial charge in [0, 0.05) is 43.7 Å². The average molecular weight is 1150 g/mol. The predicted octanol–water partition coefficient (Wildman–Crippen LogP) is 5.32. The highest BCUT2D eigenvalue weighted by molar-refractivity contribution is 7.85. The van der Waals surface area contributed by atoms with Crippen molar-refractivity contribution in [2.24, 2.45) is 23.8 Å². The third-order valence-corrected chi connectivity index (χ3v) is 17.0. The molecule has 1 aromatic heterocycles. The Morgan fingerprint density at radius 1 is 0.768 bits per heavy atom. The lowest BCUT2D eigenvalue weighted by molar-refractivity contribution is -0.671. The van der Waals surface area contributed by atoms with Gasteiger partial charge in [0.25, 0.3) is 5.91 Å². The number of carbonyl (C=O) groups is 7. The van der Waals surface area contributed by atoms with Crippen LogP contribution in [-0.2, 0) is 64.8 Å². The Labute approximate surface area is 474 Å². The Kier molecular flexibility index (Phi) is 17.2. The van der Waals surface area contributed by atoms with Gasteiger partial charge in [-0.1, -0.05) is 98.3 Å². The first-order chi connectivity index (χ1) is 38.6. The topological polar surface area (TPSA) is 288 Å². The van der Waals surface area contributed by atoms with E-state index in [1.165, 1.54) is 50.4 Å². The van der Waals surface area contributed by atoms with Gasteiger partial charge in [-0.3, -0.25) is 19.2 Å². The van der Waals surface area contributed by atoms with Crippen molar-refractivity contribution < 1.29 is 89.7 Å². The lowest BCUT2D eigenvalue weighted by atomic mass is 9.44. The molecule has 9 rings (SSSR count). The standard InChI is InChI=1S/C54H56N2O15.C7H8O3S/c1-30-37(68-50(64)43(69-49(63)36-24-17-25-56(7)28-36)41(33-18-11-8-12-19-33)55-47(61)34-20-13-9-14-21-34)27-54(65)46(70-48(62)35-22-15-10-16-23-35)44-52(6,38(59)26-39-53(44,29-66-39)71-32(3)58)45(60)42(67-31(2)57)40(30)51(54,4)5;1-6-2-4-7(5-3-6)11(8,9)10/h8-25,28,37-39,41-44,46,59,65H,26-27,29H2,1-7H3;2-5H,1H3,(H,8,9,10)/t37-,38-,39+,41?,42+,43?,44?,46-,52?,53-,54+;/m0./s1. The van der Waals surface area contributed by atoms with Crippen LogP contribution < -0.4 is 9.88 Å². The normalized spacial score (nSPS) is 26.8. The van der Waals surface area contributed by atoms with E-state index in [-0.39, 0.29) is 45.8 Å². The monoisotopic (exact) mass is 1140 g/mol. The number of carbonyl (C=O) groups excluding carboxylic acids is 7. The van der Waals surface area contributed by atoms with Crippen molar-refractivity contribution >= 4 is 51.7 Å². The van der Waals surface area contributed by atoms with E-state index in [2.05, 4.69) is 5.32 Å². The van der Waals surface area contributed by atoms with Gasteiger partial charge in [0.2, 0.25) is 6.10 Å². The van der Waals surface area contributed by atoms with E-state index in [1.54, 1.807) is 129 Å². The maximum absolute atomic E-state index is 15.7. The predicted molar refractivity (Wildman–Crippen MR) is 288 cm³/mol. The zero-order valence-electron chi connectivity index (χ0n) is 46.3. The van der Waals surface area contributed by atoms with Gasteiger partial charge in [0.1, 0.15) is 52.7 Å². The Balaban J connectivity index is 0.000000717. The number of ether oxygens (including phenoxy) is 6. The van der Waals surface area contributed by atoms with Crippen LogP contribution >= 0.6 is 0 Å². The van der Waals surface area contributed by atoms with Crippen molar-refractivity contribution in [3.63, 3.8) is 0 Å². The fourth-order valence-corrected chi connectivity index (χ4v) is 12.4. The van der Waals surface area contributed by atoms with Crippen LogP contribution in [0.3, 0.4) is 0 Å². The van der Waals surface area contributed by atoms with E-state index < -0.39 is 129 Å². The number of aliphatic hydroxyl groups excluding tert-OH is 1. The van der Waals surface area contributed by atoms with Crippen LogP contribution in [0.4, 0.5) is 0 Å². The molecule has 2 bridgehead atoms. The van der Waals surface area contributed by atoms with Crippen molar-refractivity contribution in [1.29, 1.82) is 0 Å². The lowest BCUT2D eigenvalue weighted by Crippen LogP contribution is -2.82. The minimum Gasteiger partial charge on any atom is -0.744 e. The number of amides is 1. The molecule has 4 aromatic carbocycles. The number of esters is 5. The second-order valence-electron chi connectivity index (χ2n) is 21.8. The molecule has 4 unspecified atom stereocenters. The van der Waals surface area contributed by atoms with Crippen LogP contribution in [0, 0.1) is 23.7 Å². The molecule has 1 amide bonds. The van der Waals surface area contributed by atoms with Gasteiger partial charge in [-0.05, 0) is 79.9 Å². The Morgan fingerprint density at radius 3 is 1.90 bits per heavy atom. The third-order valence-electron chi connectivity index (χ3n) is 16.2. The van der Waals surface area contributed by atoms with E-state index >= 15 is 9.59 Å². The zero-order valence-corrected chi connectivity index (χ0v) is 47.1. The Bertz CT molecular complexity index is 3410. The number of benzene rings is 4. The van der Waals surface area contributed by atoms with E-state index in [0.29, 0.717) is 5.56 Å². The van der Waals surface area contributed by atoms with Crippen LogP contribution in [0.15, 0.2) is 156 Å². The summed E-state index contributed by atoms with van der Waals surface area (Å²) >= 11 is 0. The minimum atomic E-state index is -4.27. The van der Waals surface area contributed by atoms with E-state index in [9.17, 15) is 47.2 Å².